The minimum Gasteiger partial charge on any atom is -0.481 e. The Balaban J connectivity index is 1.97. The van der Waals surface area contributed by atoms with E-state index in [9.17, 15) is 4.79 Å². The molecule has 1 aliphatic heterocycles. The number of likely N-dealkylation sites (tertiary alicyclic amines) is 1. The molecule has 0 bridgehead atoms. The zero-order chi connectivity index (χ0) is 13.1. The van der Waals surface area contributed by atoms with Gasteiger partial charge in [0.25, 0.3) is 0 Å². The molecule has 3 N–H and O–H groups in total. The van der Waals surface area contributed by atoms with Crippen molar-refractivity contribution >= 4 is 5.97 Å². The largest absolute Gasteiger partial charge is 0.481 e. The maximum Gasteiger partial charge on any atom is 0.310 e. The Morgan fingerprint density at radius 2 is 2.17 bits per heavy atom. The van der Waals surface area contributed by atoms with Crippen molar-refractivity contribution in [2.24, 2.45) is 5.73 Å². The highest BCUT2D eigenvalue weighted by atomic mass is 16.4. The second-order valence-electron chi connectivity index (χ2n) is 5.09. The Bertz CT molecular complexity index is 416. The van der Waals surface area contributed by atoms with Crippen molar-refractivity contribution in [2.45, 2.75) is 31.8 Å². The lowest BCUT2D eigenvalue weighted by Gasteiger charge is -2.15. The molecule has 0 aliphatic carbocycles. The second-order valence-corrected chi connectivity index (χ2v) is 5.09. The molecular weight excluding hydrogens is 228 g/mol. The third-order valence-electron chi connectivity index (χ3n) is 3.57. The van der Waals surface area contributed by atoms with Crippen LogP contribution in [0.25, 0.3) is 0 Å². The predicted molar refractivity (Wildman–Crippen MR) is 70.4 cm³/mol. The highest BCUT2D eigenvalue weighted by Crippen LogP contribution is 2.18. The van der Waals surface area contributed by atoms with E-state index in [0.29, 0.717) is 6.04 Å². The molecule has 4 heteroatoms. The summed E-state index contributed by atoms with van der Waals surface area (Å²) in [7, 11) is 0. The molecule has 1 aromatic rings. The first kappa shape index (κ1) is 13.1. The first-order valence-corrected chi connectivity index (χ1v) is 6.36. The van der Waals surface area contributed by atoms with Crippen LogP contribution >= 0.6 is 0 Å². The van der Waals surface area contributed by atoms with E-state index in [0.717, 1.165) is 31.6 Å². The summed E-state index contributed by atoms with van der Waals surface area (Å²) in [4.78, 5) is 13.2. The van der Waals surface area contributed by atoms with Crippen molar-refractivity contribution in [3.05, 3.63) is 35.4 Å². The summed E-state index contributed by atoms with van der Waals surface area (Å²) in [6.45, 7) is 4.61. The highest BCUT2D eigenvalue weighted by molar-refractivity contribution is 5.75. The molecule has 1 heterocycles. The van der Waals surface area contributed by atoms with E-state index in [-0.39, 0.29) is 0 Å². The minimum absolute atomic E-state index is 0.302. The second kappa shape index (κ2) is 5.50. The number of hydrogen-bond acceptors (Lipinski definition) is 3. The van der Waals surface area contributed by atoms with Crippen LogP contribution in [-0.2, 0) is 11.3 Å². The van der Waals surface area contributed by atoms with Crippen LogP contribution in [0.3, 0.4) is 0 Å². The Morgan fingerprint density at radius 1 is 1.50 bits per heavy atom. The van der Waals surface area contributed by atoms with Crippen LogP contribution in [0.2, 0.25) is 0 Å². The Hall–Kier alpha value is -1.39. The zero-order valence-corrected chi connectivity index (χ0v) is 10.7. The monoisotopic (exact) mass is 248 g/mol. The van der Waals surface area contributed by atoms with Gasteiger partial charge < -0.3 is 10.8 Å². The molecule has 0 aromatic heterocycles. The van der Waals surface area contributed by atoms with Crippen LogP contribution in [0, 0.1) is 0 Å². The van der Waals surface area contributed by atoms with Crippen LogP contribution in [0.5, 0.6) is 0 Å². The topological polar surface area (TPSA) is 66.6 Å². The summed E-state index contributed by atoms with van der Waals surface area (Å²) in [6, 6.07) is 8.14. The van der Waals surface area contributed by atoms with Crippen molar-refractivity contribution in [1.29, 1.82) is 0 Å². The van der Waals surface area contributed by atoms with Crippen LogP contribution < -0.4 is 5.73 Å². The van der Waals surface area contributed by atoms with Crippen molar-refractivity contribution < 1.29 is 9.90 Å². The molecular formula is C14H20N2O2. The van der Waals surface area contributed by atoms with E-state index in [1.54, 1.807) is 6.92 Å². The first-order chi connectivity index (χ1) is 8.56. The van der Waals surface area contributed by atoms with Crippen molar-refractivity contribution in [1.82, 2.24) is 4.90 Å². The summed E-state index contributed by atoms with van der Waals surface area (Å²) < 4.78 is 0. The lowest BCUT2D eigenvalue weighted by Crippen LogP contribution is -2.26. The molecule has 1 saturated heterocycles. The molecule has 1 aromatic carbocycles. The highest BCUT2D eigenvalue weighted by Gasteiger charge is 2.19. The first-order valence-electron chi connectivity index (χ1n) is 6.36. The fourth-order valence-corrected chi connectivity index (χ4v) is 2.32. The van der Waals surface area contributed by atoms with Crippen molar-refractivity contribution in [3.8, 4) is 0 Å². The number of hydrogen-bond donors (Lipinski definition) is 2. The van der Waals surface area contributed by atoms with Gasteiger partial charge >= 0.3 is 5.97 Å². The summed E-state index contributed by atoms with van der Waals surface area (Å²) >= 11 is 0. The molecule has 2 rings (SSSR count). The zero-order valence-electron chi connectivity index (χ0n) is 10.7. The number of nitrogens with zero attached hydrogens (tertiary/aromatic N) is 1. The maximum absolute atomic E-state index is 10.9. The van der Waals surface area contributed by atoms with Crippen LogP contribution in [-0.4, -0.2) is 35.1 Å². The van der Waals surface area contributed by atoms with E-state index >= 15 is 0 Å². The fourth-order valence-electron chi connectivity index (χ4n) is 2.32. The van der Waals surface area contributed by atoms with Gasteiger partial charge in [-0.05, 0) is 24.5 Å². The van der Waals surface area contributed by atoms with E-state index in [1.807, 2.05) is 24.3 Å². The van der Waals surface area contributed by atoms with Gasteiger partial charge in [-0.15, -0.1) is 0 Å². The van der Waals surface area contributed by atoms with Crippen molar-refractivity contribution in [2.75, 3.05) is 13.1 Å². The number of carboxylic acids is 1. The van der Waals surface area contributed by atoms with Gasteiger partial charge in [-0.2, -0.15) is 0 Å². The average Bonchev–Trinajstić information content (AvgIpc) is 2.75. The van der Waals surface area contributed by atoms with Gasteiger partial charge in [-0.1, -0.05) is 24.3 Å². The maximum atomic E-state index is 10.9. The predicted octanol–water partition coefficient (Wildman–Crippen LogP) is 1.41. The van der Waals surface area contributed by atoms with Gasteiger partial charge in [-0.25, -0.2) is 0 Å². The lowest BCUT2D eigenvalue weighted by molar-refractivity contribution is -0.138. The summed E-state index contributed by atoms with van der Waals surface area (Å²) in [5.74, 6) is -1.23. The molecule has 1 aliphatic rings. The number of carbonyl (C=O) groups is 1. The van der Waals surface area contributed by atoms with Crippen molar-refractivity contribution in [3.63, 3.8) is 0 Å². The van der Waals surface area contributed by atoms with E-state index in [2.05, 4.69) is 4.90 Å². The van der Waals surface area contributed by atoms with Gasteiger partial charge in [-0.3, -0.25) is 9.69 Å². The lowest BCUT2D eigenvalue weighted by atomic mass is 10.00. The molecule has 0 spiro atoms. The molecule has 2 atom stereocenters. The van der Waals surface area contributed by atoms with E-state index in [4.69, 9.17) is 10.8 Å². The number of aliphatic carboxylic acids is 1. The van der Waals surface area contributed by atoms with Gasteiger partial charge in [0, 0.05) is 25.7 Å². The molecule has 1 fully saturated rings. The fraction of sp³-hybridized carbons (Fsp3) is 0.500. The molecule has 0 saturated carbocycles. The molecule has 0 radical (unpaired) electrons. The van der Waals surface area contributed by atoms with E-state index < -0.39 is 11.9 Å². The summed E-state index contributed by atoms with van der Waals surface area (Å²) in [5, 5.41) is 8.94. The SMILES string of the molecule is CC(C(=O)O)c1ccc(CN2CCC(N)C2)cc1. The van der Waals surface area contributed by atoms with Crippen LogP contribution in [0.1, 0.15) is 30.4 Å². The Kier molecular flexibility index (Phi) is 3.99. The van der Waals surface area contributed by atoms with Crippen LogP contribution in [0.15, 0.2) is 24.3 Å². The van der Waals surface area contributed by atoms with Crippen LogP contribution in [0.4, 0.5) is 0 Å². The normalized spacial score (nSPS) is 22.0. The third-order valence-corrected chi connectivity index (χ3v) is 3.57. The number of carboxylic acid groups (broad SMARTS) is 1. The van der Waals surface area contributed by atoms with Gasteiger partial charge in [0.15, 0.2) is 0 Å². The van der Waals surface area contributed by atoms with Gasteiger partial charge in [0.1, 0.15) is 0 Å². The van der Waals surface area contributed by atoms with Gasteiger partial charge in [0.2, 0.25) is 0 Å². The number of benzene rings is 1. The molecule has 18 heavy (non-hydrogen) atoms. The summed E-state index contributed by atoms with van der Waals surface area (Å²) in [6.07, 6.45) is 1.06. The molecule has 0 amide bonds. The van der Waals surface area contributed by atoms with E-state index in [1.165, 1.54) is 5.56 Å². The third kappa shape index (κ3) is 3.09. The smallest absolute Gasteiger partial charge is 0.310 e. The van der Waals surface area contributed by atoms with Gasteiger partial charge in [0.05, 0.1) is 5.92 Å². The molecule has 2 unspecified atom stereocenters. The Labute approximate surface area is 107 Å². The quantitative estimate of drug-likeness (QED) is 0.845. The number of rotatable bonds is 4. The minimum atomic E-state index is -0.784. The average molecular weight is 248 g/mol. The molecule has 4 nitrogen and oxygen atoms in total. The number of nitrogens with two attached hydrogens (primary N) is 1. The Morgan fingerprint density at radius 3 is 2.67 bits per heavy atom. The standard InChI is InChI=1S/C14H20N2O2/c1-10(14(17)18)12-4-2-11(3-5-12)8-16-7-6-13(15)9-16/h2-5,10,13H,6-9,15H2,1H3,(H,17,18). The molecule has 98 valence electrons. The summed E-state index contributed by atoms with van der Waals surface area (Å²) in [5.41, 5.74) is 7.93.